The first-order valence-corrected chi connectivity index (χ1v) is 5.47. The van der Waals surface area contributed by atoms with E-state index in [1.165, 1.54) is 0 Å². The van der Waals surface area contributed by atoms with Crippen molar-refractivity contribution in [2.75, 3.05) is 6.61 Å². The molecule has 1 aliphatic rings. The first-order valence-electron chi connectivity index (χ1n) is 5.47. The molecular formula is C12H19NO3. The summed E-state index contributed by atoms with van der Waals surface area (Å²) in [6.45, 7) is 8.24. The highest BCUT2D eigenvalue weighted by atomic mass is 16.6. The number of nitrogens with zero attached hydrogens (tertiary/aromatic N) is 1. The summed E-state index contributed by atoms with van der Waals surface area (Å²) in [6, 6.07) is 0. The number of rotatable bonds is 5. The fraction of sp³-hybridized carbons (Fsp3) is 0.667. The van der Waals surface area contributed by atoms with Gasteiger partial charge in [-0.25, -0.2) is 0 Å². The van der Waals surface area contributed by atoms with Crippen LogP contribution in [0, 0.1) is 17.3 Å². The van der Waals surface area contributed by atoms with Gasteiger partial charge in [0.1, 0.15) is 6.61 Å². The highest BCUT2D eigenvalue weighted by Crippen LogP contribution is 2.59. The molecular weight excluding hydrogens is 206 g/mol. The first-order chi connectivity index (χ1) is 7.41. The second kappa shape index (κ2) is 4.68. The van der Waals surface area contributed by atoms with E-state index in [2.05, 4.69) is 5.16 Å². The van der Waals surface area contributed by atoms with Crippen molar-refractivity contribution in [1.29, 1.82) is 0 Å². The van der Waals surface area contributed by atoms with Gasteiger partial charge in [0, 0.05) is 0 Å². The number of carbonyl (C=O) groups is 1. The standard InChI is InChI=1S/C12H19NO3/c1-5-16-13-7-8(2)6-9-10(11(14)15)12(9,3)4/h6-7,9-10H,5H2,1-4H3,(H,14,15)/b8-6-,13-7-/t9?,10-/m0/s1. The third kappa shape index (κ3) is 2.62. The van der Waals surface area contributed by atoms with E-state index in [1.807, 2.05) is 33.8 Å². The lowest BCUT2D eigenvalue weighted by Gasteiger charge is -1.97. The first kappa shape index (κ1) is 12.7. The molecule has 2 atom stereocenters. The van der Waals surface area contributed by atoms with Crippen LogP contribution in [0.4, 0.5) is 0 Å². The lowest BCUT2D eigenvalue weighted by molar-refractivity contribution is -0.139. The van der Waals surface area contributed by atoms with Crippen LogP contribution in [-0.2, 0) is 9.63 Å². The van der Waals surface area contributed by atoms with Crippen LogP contribution in [0.1, 0.15) is 27.7 Å². The van der Waals surface area contributed by atoms with Crippen LogP contribution >= 0.6 is 0 Å². The molecule has 4 nitrogen and oxygen atoms in total. The maximum absolute atomic E-state index is 10.9. The molecule has 0 heterocycles. The molecule has 0 aliphatic heterocycles. The minimum atomic E-state index is -0.721. The average molecular weight is 225 g/mol. The van der Waals surface area contributed by atoms with Gasteiger partial charge < -0.3 is 9.94 Å². The molecule has 0 aromatic heterocycles. The van der Waals surface area contributed by atoms with Crippen molar-refractivity contribution in [3.8, 4) is 0 Å². The third-order valence-corrected chi connectivity index (χ3v) is 3.08. The zero-order chi connectivity index (χ0) is 12.3. The molecule has 1 unspecified atom stereocenters. The van der Waals surface area contributed by atoms with Gasteiger partial charge in [0.05, 0.1) is 12.1 Å². The molecule has 0 spiro atoms. The molecule has 0 radical (unpaired) electrons. The zero-order valence-corrected chi connectivity index (χ0v) is 10.2. The summed E-state index contributed by atoms with van der Waals surface area (Å²) in [5.41, 5.74) is 0.794. The molecule has 1 rings (SSSR count). The Hall–Kier alpha value is -1.32. The number of carboxylic acid groups (broad SMARTS) is 1. The fourth-order valence-electron chi connectivity index (χ4n) is 1.98. The fourth-order valence-corrected chi connectivity index (χ4v) is 1.98. The Kier molecular flexibility index (Phi) is 3.73. The van der Waals surface area contributed by atoms with Crippen molar-refractivity contribution in [3.63, 3.8) is 0 Å². The predicted octanol–water partition coefficient (Wildman–Crippen LogP) is 2.31. The second-order valence-corrected chi connectivity index (χ2v) is 4.73. The van der Waals surface area contributed by atoms with Crippen LogP contribution in [0.15, 0.2) is 16.8 Å². The van der Waals surface area contributed by atoms with Gasteiger partial charge in [-0.2, -0.15) is 0 Å². The van der Waals surface area contributed by atoms with E-state index in [-0.39, 0.29) is 17.3 Å². The van der Waals surface area contributed by atoms with Crippen molar-refractivity contribution >= 4 is 12.2 Å². The summed E-state index contributed by atoms with van der Waals surface area (Å²) in [7, 11) is 0. The van der Waals surface area contributed by atoms with Crippen LogP contribution < -0.4 is 0 Å². The Morgan fingerprint density at radius 3 is 2.62 bits per heavy atom. The number of hydrogen-bond donors (Lipinski definition) is 1. The van der Waals surface area contributed by atoms with E-state index in [1.54, 1.807) is 6.21 Å². The van der Waals surface area contributed by atoms with Crippen molar-refractivity contribution in [2.24, 2.45) is 22.4 Å². The maximum atomic E-state index is 10.9. The normalized spacial score (nSPS) is 28.1. The van der Waals surface area contributed by atoms with E-state index in [0.717, 1.165) is 5.57 Å². The Balaban J connectivity index is 2.61. The van der Waals surface area contributed by atoms with E-state index >= 15 is 0 Å². The molecule has 1 fully saturated rings. The SMILES string of the molecule is CCO/N=C\C(C)=C/C1[C@@H](C(=O)O)C1(C)C. The van der Waals surface area contributed by atoms with Crippen LogP contribution in [0.25, 0.3) is 0 Å². The van der Waals surface area contributed by atoms with E-state index in [0.29, 0.717) is 6.61 Å². The summed E-state index contributed by atoms with van der Waals surface area (Å²) in [5, 5.41) is 12.7. The summed E-state index contributed by atoms with van der Waals surface area (Å²) in [4.78, 5) is 15.8. The summed E-state index contributed by atoms with van der Waals surface area (Å²) >= 11 is 0. The molecule has 0 amide bonds. The zero-order valence-electron chi connectivity index (χ0n) is 10.2. The predicted molar refractivity (Wildman–Crippen MR) is 62.3 cm³/mol. The number of carboxylic acids is 1. The molecule has 1 saturated carbocycles. The third-order valence-electron chi connectivity index (χ3n) is 3.08. The van der Waals surface area contributed by atoms with Crippen molar-refractivity contribution in [1.82, 2.24) is 0 Å². The van der Waals surface area contributed by atoms with Crippen LogP contribution in [0.2, 0.25) is 0 Å². The quantitative estimate of drug-likeness (QED) is 0.577. The maximum Gasteiger partial charge on any atom is 0.307 e. The second-order valence-electron chi connectivity index (χ2n) is 4.73. The highest BCUT2D eigenvalue weighted by Gasteiger charge is 2.60. The number of allylic oxidation sites excluding steroid dienone is 2. The number of oxime groups is 1. The van der Waals surface area contributed by atoms with Crippen molar-refractivity contribution in [2.45, 2.75) is 27.7 Å². The van der Waals surface area contributed by atoms with Gasteiger partial charge in [-0.1, -0.05) is 25.1 Å². The van der Waals surface area contributed by atoms with E-state index < -0.39 is 5.97 Å². The van der Waals surface area contributed by atoms with E-state index in [9.17, 15) is 4.79 Å². The minimum Gasteiger partial charge on any atom is -0.481 e. The minimum absolute atomic E-state index is 0.0954. The van der Waals surface area contributed by atoms with Gasteiger partial charge in [0.15, 0.2) is 0 Å². The van der Waals surface area contributed by atoms with Crippen LogP contribution in [-0.4, -0.2) is 23.9 Å². The molecule has 4 heteroatoms. The molecule has 90 valence electrons. The Morgan fingerprint density at radius 2 is 2.19 bits per heavy atom. The summed E-state index contributed by atoms with van der Waals surface area (Å²) in [6.07, 6.45) is 3.58. The highest BCUT2D eigenvalue weighted by molar-refractivity contribution is 5.80. The molecule has 1 aliphatic carbocycles. The van der Waals surface area contributed by atoms with Crippen LogP contribution in [0.3, 0.4) is 0 Å². The van der Waals surface area contributed by atoms with Gasteiger partial charge in [-0.3, -0.25) is 4.79 Å². The van der Waals surface area contributed by atoms with Gasteiger partial charge in [-0.15, -0.1) is 0 Å². The Labute approximate surface area is 96.0 Å². The molecule has 1 N–H and O–H groups in total. The molecule has 0 bridgehead atoms. The van der Waals surface area contributed by atoms with Gasteiger partial charge in [0.25, 0.3) is 0 Å². The van der Waals surface area contributed by atoms with Crippen molar-refractivity contribution in [3.05, 3.63) is 11.6 Å². The largest absolute Gasteiger partial charge is 0.481 e. The van der Waals surface area contributed by atoms with Gasteiger partial charge in [0.2, 0.25) is 0 Å². The topological polar surface area (TPSA) is 58.9 Å². The Morgan fingerprint density at radius 1 is 1.56 bits per heavy atom. The lowest BCUT2D eigenvalue weighted by Crippen LogP contribution is -2.03. The summed E-state index contributed by atoms with van der Waals surface area (Å²) in [5.74, 6) is -0.901. The van der Waals surface area contributed by atoms with Gasteiger partial charge >= 0.3 is 5.97 Å². The lowest BCUT2D eigenvalue weighted by atomic mass is 10.1. The monoisotopic (exact) mass is 225 g/mol. The van der Waals surface area contributed by atoms with Crippen molar-refractivity contribution < 1.29 is 14.7 Å². The van der Waals surface area contributed by atoms with Gasteiger partial charge in [-0.05, 0) is 30.8 Å². The molecule has 16 heavy (non-hydrogen) atoms. The summed E-state index contributed by atoms with van der Waals surface area (Å²) < 4.78 is 0. The number of aliphatic carboxylic acids is 1. The molecule has 0 aromatic carbocycles. The van der Waals surface area contributed by atoms with E-state index in [4.69, 9.17) is 9.94 Å². The average Bonchev–Trinajstić information content (AvgIpc) is 2.68. The number of hydrogen-bond acceptors (Lipinski definition) is 3. The smallest absolute Gasteiger partial charge is 0.307 e. The van der Waals surface area contributed by atoms with Crippen LogP contribution in [0.5, 0.6) is 0 Å². The molecule has 0 aromatic rings. The Bertz CT molecular complexity index is 331. The molecule has 0 saturated heterocycles.